The first-order chi connectivity index (χ1) is 9.15. The fraction of sp³-hybridized carbons (Fsp3) is 0.357. The first-order valence-corrected chi connectivity index (χ1v) is 6.03. The molecule has 1 rings (SSSR count). The van der Waals surface area contributed by atoms with E-state index in [0.29, 0.717) is 11.8 Å². The minimum absolute atomic E-state index is 0.151. The van der Waals surface area contributed by atoms with Crippen LogP contribution in [-0.2, 0) is 19.1 Å². The van der Waals surface area contributed by atoms with E-state index in [1.54, 1.807) is 32.0 Å². The van der Waals surface area contributed by atoms with Crippen molar-refractivity contribution in [1.29, 1.82) is 0 Å². The van der Waals surface area contributed by atoms with Gasteiger partial charge in [-0.05, 0) is 19.4 Å². The molecule has 0 amide bonds. The van der Waals surface area contributed by atoms with Gasteiger partial charge in [0.05, 0.1) is 13.2 Å². The predicted molar refractivity (Wildman–Crippen MR) is 67.8 cm³/mol. The molecule has 0 heterocycles. The molecule has 0 aliphatic heterocycles. The summed E-state index contributed by atoms with van der Waals surface area (Å²) in [6.07, 6.45) is 0.598. The zero-order valence-electron chi connectivity index (χ0n) is 10.9. The van der Waals surface area contributed by atoms with Gasteiger partial charge in [0.1, 0.15) is 6.29 Å². The number of carbonyl (C=O) groups excluding carboxylic acids is 3. The van der Waals surface area contributed by atoms with Crippen molar-refractivity contribution < 1.29 is 23.9 Å². The maximum atomic E-state index is 11.9. The monoisotopic (exact) mass is 264 g/mol. The molecule has 0 N–H and O–H groups in total. The number of aldehydes is 1. The van der Waals surface area contributed by atoms with Crippen molar-refractivity contribution in [2.24, 2.45) is 0 Å². The molecule has 0 aromatic heterocycles. The van der Waals surface area contributed by atoms with E-state index in [1.165, 1.54) is 6.07 Å². The number of rotatable bonds is 6. The van der Waals surface area contributed by atoms with Crippen molar-refractivity contribution in [2.75, 3.05) is 13.2 Å². The molecule has 0 radical (unpaired) electrons. The summed E-state index contributed by atoms with van der Waals surface area (Å²) in [5.41, 5.74) is 0.572. The van der Waals surface area contributed by atoms with E-state index in [2.05, 4.69) is 0 Å². The Bertz CT molecular complexity index is 449. The van der Waals surface area contributed by atoms with Gasteiger partial charge >= 0.3 is 11.9 Å². The standard InChI is InChI=1S/C14H16O5/c1-3-18-13(16)12(14(17)19-4-2)11-8-6-5-7-10(11)9-15/h5-9,12H,3-4H2,1-2H3. The lowest BCUT2D eigenvalue weighted by atomic mass is 9.94. The van der Waals surface area contributed by atoms with Crippen molar-refractivity contribution >= 4 is 18.2 Å². The molecule has 0 saturated heterocycles. The maximum Gasteiger partial charge on any atom is 0.324 e. The van der Waals surface area contributed by atoms with Gasteiger partial charge in [-0.2, -0.15) is 0 Å². The number of carbonyl (C=O) groups is 3. The lowest BCUT2D eigenvalue weighted by molar-refractivity contribution is -0.156. The summed E-state index contributed by atoms with van der Waals surface area (Å²) in [5.74, 6) is -2.65. The van der Waals surface area contributed by atoms with Gasteiger partial charge in [0, 0.05) is 5.56 Å². The molecule has 19 heavy (non-hydrogen) atoms. The Balaban J connectivity index is 3.18. The van der Waals surface area contributed by atoms with Crippen molar-refractivity contribution in [2.45, 2.75) is 19.8 Å². The molecule has 0 fully saturated rings. The van der Waals surface area contributed by atoms with E-state index in [1.807, 2.05) is 0 Å². The Labute approximate surface area is 111 Å². The third kappa shape index (κ3) is 3.64. The fourth-order valence-electron chi connectivity index (χ4n) is 1.68. The van der Waals surface area contributed by atoms with Crippen LogP contribution in [0.1, 0.15) is 35.7 Å². The number of hydrogen-bond acceptors (Lipinski definition) is 5. The first-order valence-electron chi connectivity index (χ1n) is 6.03. The SMILES string of the molecule is CCOC(=O)C(C(=O)OCC)c1ccccc1C=O. The number of ether oxygens (including phenoxy) is 2. The lowest BCUT2D eigenvalue weighted by Gasteiger charge is -2.16. The summed E-state index contributed by atoms with van der Waals surface area (Å²) >= 11 is 0. The van der Waals surface area contributed by atoms with E-state index < -0.39 is 17.9 Å². The minimum Gasteiger partial charge on any atom is -0.465 e. The van der Waals surface area contributed by atoms with Crippen LogP contribution in [0.3, 0.4) is 0 Å². The number of hydrogen-bond donors (Lipinski definition) is 0. The van der Waals surface area contributed by atoms with Crippen LogP contribution in [0.4, 0.5) is 0 Å². The first kappa shape index (κ1) is 14.9. The van der Waals surface area contributed by atoms with Gasteiger partial charge in [-0.1, -0.05) is 24.3 Å². The summed E-state index contributed by atoms with van der Waals surface area (Å²) in [6, 6.07) is 6.38. The van der Waals surface area contributed by atoms with E-state index >= 15 is 0 Å². The van der Waals surface area contributed by atoms with Crippen LogP contribution >= 0.6 is 0 Å². The Hall–Kier alpha value is -2.17. The van der Waals surface area contributed by atoms with E-state index in [4.69, 9.17) is 9.47 Å². The van der Waals surface area contributed by atoms with Crippen LogP contribution in [0.2, 0.25) is 0 Å². The molecular formula is C14H16O5. The molecule has 0 saturated carbocycles. The average molecular weight is 264 g/mol. The van der Waals surface area contributed by atoms with Gasteiger partial charge in [0.15, 0.2) is 5.92 Å². The molecule has 0 spiro atoms. The third-order valence-corrected chi connectivity index (χ3v) is 2.48. The van der Waals surface area contributed by atoms with Crippen LogP contribution in [0.25, 0.3) is 0 Å². The van der Waals surface area contributed by atoms with E-state index in [0.717, 1.165) is 0 Å². The molecule has 0 aliphatic carbocycles. The predicted octanol–water partition coefficient (Wildman–Crippen LogP) is 1.71. The van der Waals surface area contributed by atoms with E-state index in [-0.39, 0.29) is 18.8 Å². The van der Waals surface area contributed by atoms with Gasteiger partial charge in [0.25, 0.3) is 0 Å². The highest BCUT2D eigenvalue weighted by Crippen LogP contribution is 2.22. The average Bonchev–Trinajstić information content (AvgIpc) is 2.40. The zero-order valence-corrected chi connectivity index (χ0v) is 10.9. The number of esters is 2. The molecule has 5 heteroatoms. The topological polar surface area (TPSA) is 69.7 Å². The molecule has 0 aliphatic rings. The van der Waals surface area contributed by atoms with Gasteiger partial charge < -0.3 is 9.47 Å². The van der Waals surface area contributed by atoms with Gasteiger partial charge in [-0.15, -0.1) is 0 Å². The zero-order chi connectivity index (χ0) is 14.3. The van der Waals surface area contributed by atoms with Crippen LogP contribution in [-0.4, -0.2) is 31.4 Å². The molecule has 1 aromatic rings. The Morgan fingerprint density at radius 2 is 1.63 bits per heavy atom. The normalized spacial score (nSPS) is 10.1. The summed E-state index contributed by atoms with van der Waals surface area (Å²) in [7, 11) is 0. The maximum absolute atomic E-state index is 11.9. The van der Waals surface area contributed by atoms with Crippen molar-refractivity contribution in [3.8, 4) is 0 Å². The highest BCUT2D eigenvalue weighted by atomic mass is 16.6. The van der Waals surface area contributed by atoms with Gasteiger partial charge in [0.2, 0.25) is 0 Å². The summed E-state index contributed by atoms with van der Waals surface area (Å²) in [5, 5.41) is 0. The largest absolute Gasteiger partial charge is 0.465 e. The molecule has 5 nitrogen and oxygen atoms in total. The Kier molecular flexibility index (Phi) is 5.73. The van der Waals surface area contributed by atoms with Crippen molar-refractivity contribution in [1.82, 2.24) is 0 Å². The fourth-order valence-corrected chi connectivity index (χ4v) is 1.68. The van der Waals surface area contributed by atoms with Crippen LogP contribution < -0.4 is 0 Å². The molecular weight excluding hydrogens is 248 g/mol. The molecule has 0 bridgehead atoms. The molecule has 0 unspecified atom stereocenters. The number of benzene rings is 1. The second kappa shape index (κ2) is 7.31. The molecule has 0 atom stereocenters. The summed E-state index contributed by atoms with van der Waals surface area (Å²) in [6.45, 7) is 3.59. The Morgan fingerprint density at radius 3 is 2.11 bits per heavy atom. The van der Waals surface area contributed by atoms with Gasteiger partial charge in [-0.25, -0.2) is 0 Å². The Morgan fingerprint density at radius 1 is 1.11 bits per heavy atom. The highest BCUT2D eigenvalue weighted by Gasteiger charge is 2.32. The van der Waals surface area contributed by atoms with Crippen LogP contribution in [0, 0.1) is 0 Å². The second-order valence-electron chi connectivity index (χ2n) is 3.68. The molecule has 102 valence electrons. The lowest BCUT2D eigenvalue weighted by Crippen LogP contribution is -2.27. The highest BCUT2D eigenvalue weighted by molar-refractivity contribution is 6.02. The third-order valence-electron chi connectivity index (χ3n) is 2.48. The smallest absolute Gasteiger partial charge is 0.324 e. The van der Waals surface area contributed by atoms with Gasteiger partial charge in [-0.3, -0.25) is 14.4 Å². The van der Waals surface area contributed by atoms with E-state index in [9.17, 15) is 14.4 Å². The van der Waals surface area contributed by atoms with Crippen LogP contribution in [0.15, 0.2) is 24.3 Å². The quantitative estimate of drug-likeness (QED) is 0.444. The van der Waals surface area contributed by atoms with Crippen molar-refractivity contribution in [3.05, 3.63) is 35.4 Å². The van der Waals surface area contributed by atoms with Crippen molar-refractivity contribution in [3.63, 3.8) is 0 Å². The second-order valence-corrected chi connectivity index (χ2v) is 3.68. The minimum atomic E-state index is -1.22. The summed E-state index contributed by atoms with van der Waals surface area (Å²) < 4.78 is 9.74. The molecule has 1 aromatic carbocycles. The summed E-state index contributed by atoms with van der Waals surface area (Å²) in [4.78, 5) is 34.8. The van der Waals surface area contributed by atoms with Crippen LogP contribution in [0.5, 0.6) is 0 Å².